The van der Waals surface area contributed by atoms with Crippen LogP contribution in [0.4, 0.5) is 0 Å². The lowest BCUT2D eigenvalue weighted by atomic mass is 10.1. The van der Waals surface area contributed by atoms with Gasteiger partial charge >= 0.3 is 0 Å². The molecule has 1 saturated carbocycles. The Morgan fingerprint density at radius 3 is 2.71 bits per heavy atom. The van der Waals surface area contributed by atoms with Crippen LogP contribution in [0, 0.1) is 5.92 Å². The SMILES string of the molecule is C[C@H](N)[C@H]1C[C@H]1c1cccc(Cl)c1Cl. The highest BCUT2D eigenvalue weighted by Crippen LogP contribution is 2.51. The van der Waals surface area contributed by atoms with Crippen molar-refractivity contribution in [3.8, 4) is 0 Å². The van der Waals surface area contributed by atoms with Gasteiger partial charge in [-0.2, -0.15) is 0 Å². The predicted molar refractivity (Wildman–Crippen MR) is 61.0 cm³/mol. The molecule has 0 spiro atoms. The molecular formula is C11H13Cl2N. The van der Waals surface area contributed by atoms with Gasteiger partial charge in [0.15, 0.2) is 0 Å². The first-order valence-corrected chi connectivity index (χ1v) is 5.56. The van der Waals surface area contributed by atoms with Crippen molar-refractivity contribution in [2.24, 2.45) is 11.7 Å². The van der Waals surface area contributed by atoms with Crippen LogP contribution in [0.1, 0.15) is 24.8 Å². The van der Waals surface area contributed by atoms with Gasteiger partial charge in [-0.3, -0.25) is 0 Å². The lowest BCUT2D eigenvalue weighted by Crippen LogP contribution is -2.17. The molecule has 1 aromatic rings. The van der Waals surface area contributed by atoms with Crippen LogP contribution < -0.4 is 5.73 Å². The fraction of sp³-hybridized carbons (Fsp3) is 0.455. The average molecular weight is 230 g/mol. The van der Waals surface area contributed by atoms with E-state index in [1.54, 1.807) is 0 Å². The molecule has 2 rings (SSSR count). The fourth-order valence-electron chi connectivity index (χ4n) is 1.96. The average Bonchev–Trinajstić information content (AvgIpc) is 2.89. The maximum Gasteiger partial charge on any atom is 0.0627 e. The lowest BCUT2D eigenvalue weighted by Gasteiger charge is -2.06. The summed E-state index contributed by atoms with van der Waals surface area (Å²) >= 11 is 12.1. The first-order valence-electron chi connectivity index (χ1n) is 4.80. The van der Waals surface area contributed by atoms with Gasteiger partial charge in [0, 0.05) is 6.04 Å². The van der Waals surface area contributed by atoms with Crippen LogP contribution in [0.5, 0.6) is 0 Å². The van der Waals surface area contributed by atoms with Crippen LogP contribution in [0.2, 0.25) is 10.0 Å². The Labute approximate surface area is 94.2 Å². The van der Waals surface area contributed by atoms with E-state index in [1.165, 1.54) is 0 Å². The monoisotopic (exact) mass is 229 g/mol. The van der Waals surface area contributed by atoms with E-state index in [-0.39, 0.29) is 6.04 Å². The Kier molecular flexibility index (Phi) is 2.74. The molecule has 0 unspecified atom stereocenters. The summed E-state index contributed by atoms with van der Waals surface area (Å²) in [5.41, 5.74) is 6.99. The van der Waals surface area contributed by atoms with Gasteiger partial charge in [-0.15, -0.1) is 0 Å². The molecule has 0 amide bonds. The van der Waals surface area contributed by atoms with Crippen molar-refractivity contribution in [3.63, 3.8) is 0 Å². The van der Waals surface area contributed by atoms with Crippen molar-refractivity contribution in [3.05, 3.63) is 33.8 Å². The molecule has 3 heteroatoms. The van der Waals surface area contributed by atoms with E-state index in [4.69, 9.17) is 28.9 Å². The van der Waals surface area contributed by atoms with Crippen LogP contribution in [0.15, 0.2) is 18.2 Å². The molecule has 1 aliphatic rings. The number of hydrogen-bond acceptors (Lipinski definition) is 1. The molecule has 0 aliphatic heterocycles. The summed E-state index contributed by atoms with van der Waals surface area (Å²) in [5.74, 6) is 1.09. The van der Waals surface area contributed by atoms with Crippen LogP contribution in [0.25, 0.3) is 0 Å². The summed E-state index contributed by atoms with van der Waals surface area (Å²) in [5, 5.41) is 1.34. The standard InChI is InChI=1S/C11H13Cl2N/c1-6(14)8-5-9(8)7-3-2-4-10(12)11(7)13/h2-4,6,8-9H,5,14H2,1H3/t6-,8+,9-/m0/s1. The summed E-state index contributed by atoms with van der Waals surface area (Å²) in [7, 11) is 0. The lowest BCUT2D eigenvalue weighted by molar-refractivity contribution is 0.632. The van der Waals surface area contributed by atoms with Gasteiger partial charge in [0.25, 0.3) is 0 Å². The van der Waals surface area contributed by atoms with Gasteiger partial charge in [-0.25, -0.2) is 0 Å². The highest BCUT2D eigenvalue weighted by molar-refractivity contribution is 6.42. The molecule has 0 bridgehead atoms. The zero-order chi connectivity index (χ0) is 10.3. The molecule has 0 radical (unpaired) electrons. The van der Waals surface area contributed by atoms with Gasteiger partial charge in [-0.1, -0.05) is 35.3 Å². The van der Waals surface area contributed by atoms with E-state index in [1.807, 2.05) is 25.1 Å². The van der Waals surface area contributed by atoms with Crippen molar-refractivity contribution >= 4 is 23.2 Å². The summed E-state index contributed by atoms with van der Waals surface area (Å²) in [6.07, 6.45) is 1.14. The van der Waals surface area contributed by atoms with Crippen molar-refractivity contribution in [1.82, 2.24) is 0 Å². The third kappa shape index (κ3) is 1.77. The molecule has 14 heavy (non-hydrogen) atoms. The maximum absolute atomic E-state index is 6.13. The van der Waals surface area contributed by atoms with Gasteiger partial charge < -0.3 is 5.73 Å². The van der Waals surface area contributed by atoms with Gasteiger partial charge in [0.05, 0.1) is 10.0 Å². The Morgan fingerprint density at radius 2 is 2.14 bits per heavy atom. The van der Waals surface area contributed by atoms with Crippen LogP contribution in [-0.2, 0) is 0 Å². The molecule has 1 fully saturated rings. The van der Waals surface area contributed by atoms with Crippen molar-refractivity contribution in [2.45, 2.75) is 25.3 Å². The van der Waals surface area contributed by atoms with E-state index in [9.17, 15) is 0 Å². The second-order valence-corrected chi connectivity index (χ2v) is 4.79. The third-order valence-corrected chi connectivity index (χ3v) is 3.73. The van der Waals surface area contributed by atoms with E-state index in [0.717, 1.165) is 12.0 Å². The smallest absolute Gasteiger partial charge is 0.0627 e. The number of halogens is 2. The topological polar surface area (TPSA) is 26.0 Å². The number of nitrogens with two attached hydrogens (primary N) is 1. The molecule has 0 aromatic heterocycles. The number of hydrogen-bond donors (Lipinski definition) is 1. The highest BCUT2D eigenvalue weighted by Gasteiger charge is 2.41. The molecule has 1 nitrogen and oxygen atoms in total. The fourth-order valence-corrected chi connectivity index (χ4v) is 2.41. The number of benzene rings is 1. The summed E-state index contributed by atoms with van der Waals surface area (Å²) in [6, 6.07) is 6.05. The molecule has 1 aromatic carbocycles. The molecule has 0 heterocycles. The number of rotatable bonds is 2. The minimum atomic E-state index is 0.245. The van der Waals surface area contributed by atoms with Gasteiger partial charge in [0.1, 0.15) is 0 Å². The Morgan fingerprint density at radius 1 is 1.43 bits per heavy atom. The first-order chi connectivity index (χ1) is 6.61. The molecule has 76 valence electrons. The van der Waals surface area contributed by atoms with Crippen molar-refractivity contribution in [1.29, 1.82) is 0 Å². The van der Waals surface area contributed by atoms with E-state index in [0.29, 0.717) is 21.9 Å². The normalized spacial score (nSPS) is 27.4. The summed E-state index contributed by atoms with van der Waals surface area (Å²) in [4.78, 5) is 0. The minimum absolute atomic E-state index is 0.245. The quantitative estimate of drug-likeness (QED) is 0.827. The maximum atomic E-state index is 6.13. The van der Waals surface area contributed by atoms with E-state index < -0.39 is 0 Å². The molecule has 1 aliphatic carbocycles. The largest absolute Gasteiger partial charge is 0.328 e. The summed E-state index contributed by atoms with van der Waals surface area (Å²) in [6.45, 7) is 2.04. The Hall–Kier alpha value is -0.240. The van der Waals surface area contributed by atoms with Crippen LogP contribution in [0.3, 0.4) is 0 Å². The molecule has 2 N–H and O–H groups in total. The molecule has 0 saturated heterocycles. The van der Waals surface area contributed by atoms with E-state index >= 15 is 0 Å². The van der Waals surface area contributed by atoms with Crippen molar-refractivity contribution < 1.29 is 0 Å². The van der Waals surface area contributed by atoms with E-state index in [2.05, 4.69) is 0 Å². The molecule has 3 atom stereocenters. The van der Waals surface area contributed by atoms with Gasteiger partial charge in [-0.05, 0) is 36.8 Å². The van der Waals surface area contributed by atoms with Crippen molar-refractivity contribution in [2.75, 3.05) is 0 Å². The zero-order valence-electron chi connectivity index (χ0n) is 8.00. The predicted octanol–water partition coefficient (Wildman–Crippen LogP) is 3.44. The Balaban J connectivity index is 2.23. The second kappa shape index (κ2) is 3.73. The summed E-state index contributed by atoms with van der Waals surface area (Å²) < 4.78 is 0. The zero-order valence-corrected chi connectivity index (χ0v) is 9.52. The highest BCUT2D eigenvalue weighted by atomic mass is 35.5. The first kappa shape index (κ1) is 10.3. The van der Waals surface area contributed by atoms with Crippen LogP contribution in [-0.4, -0.2) is 6.04 Å². The van der Waals surface area contributed by atoms with Gasteiger partial charge in [0.2, 0.25) is 0 Å². The minimum Gasteiger partial charge on any atom is -0.328 e. The second-order valence-electron chi connectivity index (χ2n) is 4.01. The molecular weight excluding hydrogens is 217 g/mol. The van der Waals surface area contributed by atoms with Crippen LogP contribution >= 0.6 is 23.2 Å². The Bertz CT molecular complexity index is 349. The third-order valence-electron chi connectivity index (χ3n) is 2.90.